The molecule has 0 saturated heterocycles. The highest BCUT2D eigenvalue weighted by Gasteiger charge is 2.11. The number of nitrogens with zero attached hydrogens (tertiary/aromatic N) is 1. The molecule has 17 heavy (non-hydrogen) atoms. The Morgan fingerprint density at radius 1 is 1.29 bits per heavy atom. The lowest BCUT2D eigenvalue weighted by Gasteiger charge is -2.24. The Balaban J connectivity index is 2.97. The Hall–Kier alpha value is -1.03. The van der Waals surface area contributed by atoms with E-state index in [1.165, 1.54) is 0 Å². The van der Waals surface area contributed by atoms with Gasteiger partial charge in [-0.15, -0.1) is 0 Å². The number of aromatic carboxylic acids is 1. The first kappa shape index (κ1) is 14.0. The molecule has 0 bridgehead atoms. The fourth-order valence-electron chi connectivity index (χ4n) is 1.78. The normalized spacial score (nSPS) is 10.3. The molecular formula is C13H18BrNO2. The second-order valence-corrected chi connectivity index (χ2v) is 4.81. The highest BCUT2D eigenvalue weighted by atomic mass is 79.9. The van der Waals surface area contributed by atoms with Gasteiger partial charge in [0.25, 0.3) is 0 Å². The number of hydrogen-bond acceptors (Lipinski definition) is 2. The molecule has 1 aromatic carbocycles. The first-order valence-electron chi connectivity index (χ1n) is 5.88. The van der Waals surface area contributed by atoms with E-state index in [-0.39, 0.29) is 0 Å². The summed E-state index contributed by atoms with van der Waals surface area (Å²) in [5, 5.41) is 8.96. The van der Waals surface area contributed by atoms with Gasteiger partial charge in [0.15, 0.2) is 0 Å². The van der Waals surface area contributed by atoms with Crippen LogP contribution in [-0.4, -0.2) is 24.2 Å². The van der Waals surface area contributed by atoms with Crippen molar-refractivity contribution >= 4 is 27.6 Å². The van der Waals surface area contributed by atoms with E-state index in [1.807, 2.05) is 12.1 Å². The maximum Gasteiger partial charge on any atom is 0.336 e. The van der Waals surface area contributed by atoms with Gasteiger partial charge in [0, 0.05) is 23.2 Å². The molecule has 0 aliphatic heterocycles. The van der Waals surface area contributed by atoms with E-state index in [0.29, 0.717) is 10.0 Å². The Morgan fingerprint density at radius 3 is 2.29 bits per heavy atom. The molecule has 0 atom stereocenters. The molecule has 0 amide bonds. The molecule has 0 aliphatic carbocycles. The zero-order valence-electron chi connectivity index (χ0n) is 10.2. The average Bonchev–Trinajstić information content (AvgIpc) is 2.28. The third-order valence-electron chi connectivity index (χ3n) is 2.54. The highest BCUT2D eigenvalue weighted by molar-refractivity contribution is 9.10. The lowest BCUT2D eigenvalue weighted by molar-refractivity contribution is 0.0696. The van der Waals surface area contributed by atoms with Gasteiger partial charge in [0.2, 0.25) is 0 Å². The predicted molar refractivity (Wildman–Crippen MR) is 73.9 cm³/mol. The standard InChI is InChI=1S/C13H18BrNO2/c1-3-7-15(8-4-2)10-5-6-11(13(16)17)12(14)9-10/h5-6,9H,3-4,7-8H2,1-2H3,(H,16,17). The second-order valence-electron chi connectivity index (χ2n) is 3.96. The summed E-state index contributed by atoms with van der Waals surface area (Å²) in [5.74, 6) is -0.902. The molecule has 0 fully saturated rings. The highest BCUT2D eigenvalue weighted by Crippen LogP contribution is 2.24. The lowest BCUT2D eigenvalue weighted by Crippen LogP contribution is -2.24. The van der Waals surface area contributed by atoms with Gasteiger partial charge in [-0.3, -0.25) is 0 Å². The quantitative estimate of drug-likeness (QED) is 0.869. The minimum absolute atomic E-state index is 0.307. The van der Waals surface area contributed by atoms with Gasteiger partial charge in [-0.2, -0.15) is 0 Å². The molecule has 94 valence electrons. The van der Waals surface area contributed by atoms with Crippen molar-refractivity contribution in [3.8, 4) is 0 Å². The average molecular weight is 300 g/mol. The number of benzene rings is 1. The third-order valence-corrected chi connectivity index (χ3v) is 3.19. The van der Waals surface area contributed by atoms with Crippen molar-refractivity contribution in [1.82, 2.24) is 0 Å². The molecule has 1 N–H and O–H groups in total. The molecule has 1 rings (SSSR count). The summed E-state index contributed by atoms with van der Waals surface area (Å²) in [6.45, 7) is 6.27. The van der Waals surface area contributed by atoms with Crippen LogP contribution in [0.1, 0.15) is 37.0 Å². The molecule has 0 aromatic heterocycles. The molecule has 0 spiro atoms. The van der Waals surface area contributed by atoms with E-state index >= 15 is 0 Å². The van der Waals surface area contributed by atoms with E-state index in [4.69, 9.17) is 5.11 Å². The number of carboxylic acid groups (broad SMARTS) is 1. The summed E-state index contributed by atoms with van der Waals surface area (Å²) in [7, 11) is 0. The number of rotatable bonds is 6. The van der Waals surface area contributed by atoms with Crippen LogP contribution >= 0.6 is 15.9 Å². The van der Waals surface area contributed by atoms with Crippen LogP contribution in [0.5, 0.6) is 0 Å². The number of carboxylic acids is 1. The fraction of sp³-hybridized carbons (Fsp3) is 0.462. The summed E-state index contributed by atoms with van der Waals surface area (Å²) in [6.07, 6.45) is 2.16. The van der Waals surface area contributed by atoms with Crippen LogP contribution in [0.15, 0.2) is 22.7 Å². The van der Waals surface area contributed by atoms with Crippen molar-refractivity contribution in [1.29, 1.82) is 0 Å². The van der Waals surface area contributed by atoms with Crippen molar-refractivity contribution in [3.63, 3.8) is 0 Å². The van der Waals surface area contributed by atoms with Crippen LogP contribution < -0.4 is 4.90 Å². The van der Waals surface area contributed by atoms with Crippen LogP contribution in [0.2, 0.25) is 0 Å². The molecule has 4 heteroatoms. The molecule has 0 unspecified atom stereocenters. The summed E-state index contributed by atoms with van der Waals surface area (Å²) in [6, 6.07) is 5.41. The van der Waals surface area contributed by atoms with E-state index < -0.39 is 5.97 Å². The van der Waals surface area contributed by atoms with Crippen LogP contribution in [0.4, 0.5) is 5.69 Å². The van der Waals surface area contributed by atoms with Gasteiger partial charge in [0.05, 0.1) is 5.56 Å². The SMILES string of the molecule is CCCN(CCC)c1ccc(C(=O)O)c(Br)c1. The minimum Gasteiger partial charge on any atom is -0.478 e. The molecule has 0 heterocycles. The van der Waals surface area contributed by atoms with Crippen molar-refractivity contribution in [2.24, 2.45) is 0 Å². The Labute approximate surface area is 111 Å². The monoisotopic (exact) mass is 299 g/mol. The van der Waals surface area contributed by atoms with E-state index in [9.17, 15) is 4.79 Å². The largest absolute Gasteiger partial charge is 0.478 e. The number of halogens is 1. The molecular weight excluding hydrogens is 282 g/mol. The Bertz CT molecular complexity index is 387. The molecule has 0 saturated carbocycles. The Kier molecular flexibility index (Phi) is 5.48. The van der Waals surface area contributed by atoms with Crippen LogP contribution in [0.3, 0.4) is 0 Å². The van der Waals surface area contributed by atoms with E-state index in [1.54, 1.807) is 6.07 Å². The fourth-order valence-corrected chi connectivity index (χ4v) is 2.32. The van der Waals surface area contributed by atoms with Crippen molar-refractivity contribution in [2.75, 3.05) is 18.0 Å². The summed E-state index contributed by atoms with van der Waals surface area (Å²) < 4.78 is 0.639. The smallest absolute Gasteiger partial charge is 0.336 e. The Morgan fingerprint density at radius 2 is 1.88 bits per heavy atom. The van der Waals surface area contributed by atoms with Crippen LogP contribution in [0.25, 0.3) is 0 Å². The number of anilines is 1. The summed E-state index contributed by atoms with van der Waals surface area (Å²) >= 11 is 3.31. The van der Waals surface area contributed by atoms with Crippen molar-refractivity contribution in [2.45, 2.75) is 26.7 Å². The lowest BCUT2D eigenvalue weighted by atomic mass is 10.2. The van der Waals surface area contributed by atoms with Crippen LogP contribution in [0, 0.1) is 0 Å². The zero-order chi connectivity index (χ0) is 12.8. The summed E-state index contributed by atoms with van der Waals surface area (Å²) in [5.41, 5.74) is 1.38. The minimum atomic E-state index is -0.902. The van der Waals surface area contributed by atoms with Crippen LogP contribution in [-0.2, 0) is 0 Å². The first-order chi connectivity index (χ1) is 8.10. The summed E-state index contributed by atoms with van der Waals surface area (Å²) in [4.78, 5) is 13.2. The zero-order valence-corrected chi connectivity index (χ0v) is 11.8. The third kappa shape index (κ3) is 3.73. The van der Waals surface area contributed by atoms with Gasteiger partial charge in [-0.05, 0) is 47.0 Å². The van der Waals surface area contributed by atoms with Gasteiger partial charge < -0.3 is 10.0 Å². The van der Waals surface area contributed by atoms with Gasteiger partial charge in [0.1, 0.15) is 0 Å². The number of hydrogen-bond donors (Lipinski definition) is 1. The molecule has 3 nitrogen and oxygen atoms in total. The maximum absolute atomic E-state index is 10.9. The molecule has 0 aliphatic rings. The first-order valence-corrected chi connectivity index (χ1v) is 6.67. The molecule has 1 aromatic rings. The van der Waals surface area contributed by atoms with Crippen molar-refractivity contribution in [3.05, 3.63) is 28.2 Å². The van der Waals surface area contributed by atoms with E-state index in [0.717, 1.165) is 31.6 Å². The van der Waals surface area contributed by atoms with E-state index in [2.05, 4.69) is 34.7 Å². The number of carbonyl (C=O) groups is 1. The topological polar surface area (TPSA) is 40.5 Å². The molecule has 0 radical (unpaired) electrons. The van der Waals surface area contributed by atoms with Crippen molar-refractivity contribution < 1.29 is 9.90 Å². The maximum atomic E-state index is 10.9. The van der Waals surface area contributed by atoms with Gasteiger partial charge >= 0.3 is 5.97 Å². The second kappa shape index (κ2) is 6.64. The predicted octanol–water partition coefficient (Wildman–Crippen LogP) is 3.77. The van der Waals surface area contributed by atoms with Gasteiger partial charge in [-0.25, -0.2) is 4.79 Å². The van der Waals surface area contributed by atoms with Gasteiger partial charge in [-0.1, -0.05) is 13.8 Å².